The minimum atomic E-state index is -0.658. The van der Waals surface area contributed by atoms with Crippen molar-refractivity contribution in [3.63, 3.8) is 0 Å². The highest BCUT2D eigenvalue weighted by molar-refractivity contribution is 6.11. The Kier molecular flexibility index (Phi) is 5.10. The van der Waals surface area contributed by atoms with Gasteiger partial charge in [-0.3, -0.25) is 14.5 Å². The molecule has 1 N–H and O–H groups in total. The number of allylic oxidation sites excluding steroid dienone is 1. The molecule has 3 aromatic rings. The van der Waals surface area contributed by atoms with E-state index in [0.717, 1.165) is 11.4 Å². The molecule has 0 saturated heterocycles. The highest BCUT2D eigenvalue weighted by Gasteiger charge is 2.40. The summed E-state index contributed by atoms with van der Waals surface area (Å²) in [5.74, 6) is -0.362. The molecule has 32 heavy (non-hydrogen) atoms. The molecule has 5 rings (SSSR count). The molecule has 2 atom stereocenters. The summed E-state index contributed by atoms with van der Waals surface area (Å²) in [4.78, 5) is 29.0. The summed E-state index contributed by atoms with van der Waals surface area (Å²) in [7, 11) is 0. The summed E-state index contributed by atoms with van der Waals surface area (Å²) in [6.45, 7) is 2.06. The lowest BCUT2D eigenvalue weighted by atomic mass is 9.81. The van der Waals surface area contributed by atoms with Crippen molar-refractivity contribution in [2.45, 2.75) is 25.8 Å². The van der Waals surface area contributed by atoms with Gasteiger partial charge in [-0.05, 0) is 54.3 Å². The fraction of sp³-hybridized carbons (Fsp3) is 0.185. The summed E-state index contributed by atoms with van der Waals surface area (Å²) in [6, 6.07) is 22.0. The molecule has 0 fully saturated rings. The first-order valence-electron chi connectivity index (χ1n) is 10.8. The molecule has 3 aromatic carbocycles. The Labute approximate surface area is 186 Å². The lowest BCUT2D eigenvalue weighted by Crippen LogP contribution is -2.38. The molecule has 1 aliphatic heterocycles. The largest absolute Gasteiger partial charge is 0.357 e. The highest BCUT2D eigenvalue weighted by Crippen LogP contribution is 2.46. The normalized spacial score (nSPS) is 20.2. The molecule has 0 radical (unpaired) electrons. The maximum atomic E-state index is 13.9. The van der Waals surface area contributed by atoms with Gasteiger partial charge in [-0.1, -0.05) is 49.4 Å². The highest BCUT2D eigenvalue weighted by atomic mass is 19.1. The molecular weight excluding hydrogens is 403 g/mol. The van der Waals surface area contributed by atoms with Crippen LogP contribution in [-0.4, -0.2) is 11.7 Å². The second kappa shape index (κ2) is 8.08. The van der Waals surface area contributed by atoms with Crippen LogP contribution in [0.15, 0.2) is 90.1 Å². The number of hydrogen-bond donors (Lipinski definition) is 1. The van der Waals surface area contributed by atoms with Gasteiger partial charge < -0.3 is 5.32 Å². The summed E-state index contributed by atoms with van der Waals surface area (Å²) in [5.41, 5.74) is 4.09. The van der Waals surface area contributed by atoms with Crippen LogP contribution in [0.1, 0.15) is 41.7 Å². The maximum Gasteiger partial charge on any atom is 0.259 e. The SMILES string of the molecule is CC1CC(=O)C2=C(C1)Nc1ccccc1N(C(=O)c1ccccc1)C2c1ccc(F)cc1. The average molecular weight is 426 g/mol. The van der Waals surface area contributed by atoms with E-state index in [1.165, 1.54) is 12.1 Å². The number of carbonyl (C=O) groups excluding carboxylic acids is 2. The number of anilines is 2. The number of carbonyl (C=O) groups is 2. The second-order valence-electron chi connectivity index (χ2n) is 8.47. The number of halogens is 1. The van der Waals surface area contributed by atoms with E-state index in [1.807, 2.05) is 42.5 Å². The molecule has 1 amide bonds. The molecule has 0 aromatic heterocycles. The first-order valence-corrected chi connectivity index (χ1v) is 10.8. The van der Waals surface area contributed by atoms with Crippen LogP contribution in [0.3, 0.4) is 0 Å². The van der Waals surface area contributed by atoms with Crippen molar-refractivity contribution in [2.75, 3.05) is 10.2 Å². The molecule has 1 aliphatic carbocycles. The molecule has 0 saturated carbocycles. The summed E-state index contributed by atoms with van der Waals surface area (Å²) < 4.78 is 13.8. The Bertz CT molecular complexity index is 1220. The predicted octanol–water partition coefficient (Wildman–Crippen LogP) is 5.89. The molecular formula is C27H23FN2O2. The third-order valence-corrected chi connectivity index (χ3v) is 6.12. The van der Waals surface area contributed by atoms with E-state index in [9.17, 15) is 14.0 Å². The van der Waals surface area contributed by atoms with Crippen molar-refractivity contribution in [3.8, 4) is 0 Å². The van der Waals surface area contributed by atoms with Gasteiger partial charge in [-0.25, -0.2) is 4.39 Å². The Morgan fingerprint density at radius 1 is 0.938 bits per heavy atom. The monoisotopic (exact) mass is 426 g/mol. The molecule has 4 nitrogen and oxygen atoms in total. The van der Waals surface area contributed by atoms with Crippen LogP contribution < -0.4 is 10.2 Å². The van der Waals surface area contributed by atoms with E-state index < -0.39 is 6.04 Å². The topological polar surface area (TPSA) is 49.4 Å². The number of rotatable bonds is 2. The van der Waals surface area contributed by atoms with Gasteiger partial charge in [0.1, 0.15) is 5.82 Å². The fourth-order valence-electron chi connectivity index (χ4n) is 4.69. The summed E-state index contributed by atoms with van der Waals surface area (Å²) >= 11 is 0. The molecule has 2 aliphatic rings. The van der Waals surface area contributed by atoms with Gasteiger partial charge in [-0.2, -0.15) is 0 Å². The smallest absolute Gasteiger partial charge is 0.259 e. The van der Waals surface area contributed by atoms with Crippen LogP contribution in [0.5, 0.6) is 0 Å². The zero-order valence-corrected chi connectivity index (χ0v) is 17.7. The van der Waals surface area contributed by atoms with Crippen molar-refractivity contribution in [1.82, 2.24) is 0 Å². The van der Waals surface area contributed by atoms with Gasteiger partial charge in [0.15, 0.2) is 5.78 Å². The van der Waals surface area contributed by atoms with Crippen molar-refractivity contribution >= 4 is 23.1 Å². The van der Waals surface area contributed by atoms with Crippen molar-refractivity contribution in [2.24, 2.45) is 5.92 Å². The number of nitrogens with zero attached hydrogens (tertiary/aromatic N) is 1. The van der Waals surface area contributed by atoms with E-state index in [1.54, 1.807) is 29.2 Å². The van der Waals surface area contributed by atoms with Crippen LogP contribution in [0.2, 0.25) is 0 Å². The Hall–Kier alpha value is -3.73. The number of para-hydroxylation sites is 2. The number of nitrogens with one attached hydrogen (secondary N) is 1. The summed E-state index contributed by atoms with van der Waals surface area (Å²) in [5, 5.41) is 3.46. The van der Waals surface area contributed by atoms with E-state index >= 15 is 0 Å². The van der Waals surface area contributed by atoms with E-state index in [4.69, 9.17) is 0 Å². The average Bonchev–Trinajstić information content (AvgIpc) is 2.94. The van der Waals surface area contributed by atoms with Crippen LogP contribution in [0.4, 0.5) is 15.8 Å². The third-order valence-electron chi connectivity index (χ3n) is 6.12. The Balaban J connectivity index is 1.78. The number of hydrogen-bond acceptors (Lipinski definition) is 3. The van der Waals surface area contributed by atoms with Crippen molar-refractivity contribution in [1.29, 1.82) is 0 Å². The summed E-state index contributed by atoms with van der Waals surface area (Å²) in [6.07, 6.45) is 1.13. The fourth-order valence-corrected chi connectivity index (χ4v) is 4.69. The van der Waals surface area contributed by atoms with Crippen LogP contribution in [0.25, 0.3) is 0 Å². The Morgan fingerprint density at radius 3 is 2.38 bits per heavy atom. The number of fused-ring (bicyclic) bond motifs is 1. The molecule has 0 spiro atoms. The molecule has 2 unspecified atom stereocenters. The zero-order valence-electron chi connectivity index (χ0n) is 17.7. The van der Waals surface area contributed by atoms with Crippen molar-refractivity contribution < 1.29 is 14.0 Å². The van der Waals surface area contributed by atoms with Gasteiger partial charge in [0.05, 0.1) is 17.4 Å². The van der Waals surface area contributed by atoms with Crippen LogP contribution in [0, 0.1) is 11.7 Å². The quantitative estimate of drug-likeness (QED) is 0.556. The minimum Gasteiger partial charge on any atom is -0.357 e. The third kappa shape index (κ3) is 3.50. The Morgan fingerprint density at radius 2 is 1.62 bits per heavy atom. The van der Waals surface area contributed by atoms with Crippen LogP contribution in [-0.2, 0) is 4.79 Å². The van der Waals surface area contributed by atoms with E-state index in [0.29, 0.717) is 35.2 Å². The molecule has 160 valence electrons. The van der Waals surface area contributed by atoms with E-state index in [-0.39, 0.29) is 23.4 Å². The second-order valence-corrected chi connectivity index (χ2v) is 8.47. The molecule has 5 heteroatoms. The van der Waals surface area contributed by atoms with Gasteiger partial charge >= 0.3 is 0 Å². The minimum absolute atomic E-state index is 0.0132. The van der Waals surface area contributed by atoms with Gasteiger partial charge in [0, 0.05) is 23.3 Å². The number of benzene rings is 3. The van der Waals surface area contributed by atoms with Gasteiger partial charge in [0.2, 0.25) is 0 Å². The van der Waals surface area contributed by atoms with Gasteiger partial charge in [-0.15, -0.1) is 0 Å². The molecule has 1 heterocycles. The number of Topliss-reactive ketones (excluding diaryl/α,β-unsaturated/α-hetero) is 1. The lowest BCUT2D eigenvalue weighted by molar-refractivity contribution is -0.117. The first kappa shape index (κ1) is 20.2. The molecule has 0 bridgehead atoms. The van der Waals surface area contributed by atoms with Crippen LogP contribution >= 0.6 is 0 Å². The number of amides is 1. The predicted molar refractivity (Wildman–Crippen MR) is 123 cm³/mol. The maximum absolute atomic E-state index is 13.9. The van der Waals surface area contributed by atoms with E-state index in [2.05, 4.69) is 12.2 Å². The van der Waals surface area contributed by atoms with Gasteiger partial charge in [0.25, 0.3) is 5.91 Å². The lowest BCUT2D eigenvalue weighted by Gasteiger charge is -2.34. The number of ketones is 1. The standard InChI is InChI=1S/C27H23FN2O2/c1-17-15-22-25(24(31)16-17)26(18-11-13-20(28)14-12-18)30(23-10-6-5-9-21(23)29-22)27(32)19-7-3-2-4-8-19/h2-14,17,26,29H,15-16H2,1H3. The van der Waals surface area contributed by atoms with Crippen molar-refractivity contribution in [3.05, 3.63) is 107 Å². The first-order chi connectivity index (χ1) is 15.5. The zero-order chi connectivity index (χ0) is 22.2.